The number of likely N-dealkylation sites (N-methyl/N-ethyl adjacent to an activating group) is 2. The lowest BCUT2D eigenvalue weighted by Gasteiger charge is -2.42. The molecule has 2 N–H and O–H groups in total. The molecule has 7 heteroatoms. The van der Waals surface area contributed by atoms with Crippen molar-refractivity contribution >= 4 is 11.9 Å². The van der Waals surface area contributed by atoms with Crippen LogP contribution in [-0.2, 0) is 9.53 Å². The average molecular weight is 356 g/mol. The molecule has 1 rings (SSSR count). The van der Waals surface area contributed by atoms with Crippen molar-refractivity contribution < 1.29 is 9.53 Å². The zero-order valence-electron chi connectivity index (χ0n) is 17.1. The molecule has 0 unspecified atom stereocenters. The van der Waals surface area contributed by atoms with Crippen LogP contribution in [0.4, 0.5) is 0 Å². The highest BCUT2D eigenvalue weighted by Crippen LogP contribution is 2.26. The van der Waals surface area contributed by atoms with Crippen LogP contribution in [0.25, 0.3) is 0 Å². The van der Waals surface area contributed by atoms with Gasteiger partial charge in [-0.25, -0.2) is 0 Å². The number of nitrogens with zero attached hydrogens (tertiary/aromatic N) is 3. The second-order valence-electron chi connectivity index (χ2n) is 8.06. The van der Waals surface area contributed by atoms with E-state index in [9.17, 15) is 4.79 Å². The first-order valence-corrected chi connectivity index (χ1v) is 9.15. The van der Waals surface area contributed by atoms with Crippen LogP contribution >= 0.6 is 0 Å². The van der Waals surface area contributed by atoms with Gasteiger partial charge in [0, 0.05) is 37.9 Å². The van der Waals surface area contributed by atoms with Gasteiger partial charge in [-0.05, 0) is 54.6 Å². The molecule has 0 bridgehead atoms. The Labute approximate surface area is 153 Å². The normalized spacial score (nSPS) is 18.2. The Balaban J connectivity index is 2.79. The minimum atomic E-state index is -0.232. The maximum Gasteiger partial charge on any atom is 0.240 e. The van der Waals surface area contributed by atoms with Crippen molar-refractivity contribution in [3.05, 3.63) is 0 Å². The first-order valence-electron chi connectivity index (χ1n) is 9.15. The Morgan fingerprint density at radius 1 is 1.20 bits per heavy atom. The van der Waals surface area contributed by atoms with E-state index in [1.807, 2.05) is 39.6 Å². The summed E-state index contributed by atoms with van der Waals surface area (Å²) < 4.78 is 5.52. The monoisotopic (exact) mass is 355 g/mol. The molecule has 0 aromatic heterocycles. The molecule has 7 nitrogen and oxygen atoms in total. The van der Waals surface area contributed by atoms with E-state index in [1.165, 1.54) is 0 Å². The van der Waals surface area contributed by atoms with E-state index >= 15 is 0 Å². The molecule has 0 radical (unpaired) electrons. The molecule has 0 aromatic rings. The highest BCUT2D eigenvalue weighted by Gasteiger charge is 2.34. The molecular weight excluding hydrogens is 318 g/mol. The average Bonchev–Trinajstić information content (AvgIpc) is 2.50. The summed E-state index contributed by atoms with van der Waals surface area (Å²) in [5.41, 5.74) is -0.210. The zero-order chi connectivity index (χ0) is 19.1. The van der Waals surface area contributed by atoms with Crippen LogP contribution < -0.4 is 10.6 Å². The standard InChI is InChI=1S/C18H37N5O2/c1-8-19-16(23(7)13-15(24)21-17(2,3)4)20-14-18(22(5)6)9-11-25-12-10-18/h8-14H2,1-7H3,(H,19,20)(H,21,24). The van der Waals surface area contributed by atoms with Gasteiger partial charge in [0.05, 0.1) is 13.1 Å². The molecule has 1 heterocycles. The summed E-state index contributed by atoms with van der Waals surface area (Å²) in [6.07, 6.45) is 1.94. The molecule has 0 atom stereocenters. The van der Waals surface area contributed by atoms with Gasteiger partial charge in [-0.3, -0.25) is 9.79 Å². The Morgan fingerprint density at radius 2 is 1.80 bits per heavy atom. The maximum absolute atomic E-state index is 12.2. The molecule has 1 aliphatic rings. The van der Waals surface area contributed by atoms with Gasteiger partial charge < -0.3 is 25.2 Å². The van der Waals surface area contributed by atoms with Crippen molar-refractivity contribution in [2.24, 2.45) is 4.99 Å². The number of aliphatic imine (C=N–C) groups is 1. The summed E-state index contributed by atoms with van der Waals surface area (Å²) in [5, 5.41) is 6.28. The minimum Gasteiger partial charge on any atom is -0.381 e. The van der Waals surface area contributed by atoms with Crippen LogP contribution in [0.3, 0.4) is 0 Å². The van der Waals surface area contributed by atoms with Gasteiger partial charge in [0.15, 0.2) is 5.96 Å². The quantitative estimate of drug-likeness (QED) is 0.547. The number of hydrogen-bond donors (Lipinski definition) is 2. The van der Waals surface area contributed by atoms with E-state index < -0.39 is 0 Å². The number of nitrogens with one attached hydrogen (secondary N) is 2. The number of guanidine groups is 1. The third-order valence-corrected chi connectivity index (χ3v) is 4.49. The van der Waals surface area contributed by atoms with Gasteiger partial charge in [-0.1, -0.05) is 0 Å². The molecule has 25 heavy (non-hydrogen) atoms. The molecule has 1 fully saturated rings. The molecular formula is C18H37N5O2. The van der Waals surface area contributed by atoms with E-state index in [4.69, 9.17) is 9.73 Å². The van der Waals surface area contributed by atoms with Crippen LogP contribution in [0.15, 0.2) is 4.99 Å². The molecule has 0 aliphatic carbocycles. The van der Waals surface area contributed by atoms with Crippen molar-refractivity contribution in [1.82, 2.24) is 20.4 Å². The number of rotatable bonds is 6. The molecule has 0 saturated carbocycles. The molecule has 1 saturated heterocycles. The lowest BCUT2D eigenvalue weighted by molar-refractivity contribution is -0.122. The Morgan fingerprint density at radius 3 is 2.28 bits per heavy atom. The molecule has 146 valence electrons. The van der Waals surface area contributed by atoms with Crippen molar-refractivity contribution in [2.75, 3.05) is 54.0 Å². The van der Waals surface area contributed by atoms with E-state index in [1.54, 1.807) is 0 Å². The van der Waals surface area contributed by atoms with E-state index in [0.717, 1.165) is 38.6 Å². The van der Waals surface area contributed by atoms with Gasteiger partial charge in [0.25, 0.3) is 0 Å². The maximum atomic E-state index is 12.2. The fraction of sp³-hybridized carbons (Fsp3) is 0.889. The van der Waals surface area contributed by atoms with Gasteiger partial charge in [0.2, 0.25) is 5.91 Å². The lowest BCUT2D eigenvalue weighted by Crippen LogP contribution is -2.52. The fourth-order valence-corrected chi connectivity index (χ4v) is 2.94. The smallest absolute Gasteiger partial charge is 0.240 e. The first-order chi connectivity index (χ1) is 11.6. The zero-order valence-corrected chi connectivity index (χ0v) is 17.1. The number of amides is 1. The van der Waals surface area contributed by atoms with Crippen molar-refractivity contribution in [1.29, 1.82) is 0 Å². The topological polar surface area (TPSA) is 69.2 Å². The van der Waals surface area contributed by atoms with Crippen molar-refractivity contribution in [3.8, 4) is 0 Å². The van der Waals surface area contributed by atoms with Crippen molar-refractivity contribution in [2.45, 2.75) is 51.6 Å². The summed E-state index contributed by atoms with van der Waals surface area (Å²) in [7, 11) is 6.11. The van der Waals surface area contributed by atoms with Gasteiger partial charge in [-0.2, -0.15) is 0 Å². The third kappa shape index (κ3) is 7.20. The van der Waals surface area contributed by atoms with Crippen LogP contribution in [0.2, 0.25) is 0 Å². The van der Waals surface area contributed by atoms with Crippen LogP contribution in [0, 0.1) is 0 Å². The van der Waals surface area contributed by atoms with E-state index in [0.29, 0.717) is 6.54 Å². The van der Waals surface area contributed by atoms with E-state index in [-0.39, 0.29) is 23.5 Å². The van der Waals surface area contributed by atoms with Crippen LogP contribution in [-0.4, -0.2) is 86.7 Å². The number of hydrogen-bond acceptors (Lipinski definition) is 4. The molecule has 1 aliphatic heterocycles. The second-order valence-corrected chi connectivity index (χ2v) is 8.06. The Bertz CT molecular complexity index is 451. The molecule has 1 amide bonds. The summed E-state index contributed by atoms with van der Waals surface area (Å²) in [6.45, 7) is 11.3. The highest BCUT2D eigenvalue weighted by molar-refractivity contribution is 5.86. The number of carbonyl (C=O) groups excluding carboxylic acids is 1. The third-order valence-electron chi connectivity index (χ3n) is 4.49. The summed E-state index contributed by atoms with van der Waals surface area (Å²) >= 11 is 0. The second kappa shape index (κ2) is 9.38. The largest absolute Gasteiger partial charge is 0.381 e. The molecule has 0 aromatic carbocycles. The number of ether oxygens (including phenoxy) is 1. The summed E-state index contributed by atoms with van der Waals surface area (Å²) in [6, 6.07) is 0. The molecule has 0 spiro atoms. The fourth-order valence-electron chi connectivity index (χ4n) is 2.94. The van der Waals surface area contributed by atoms with Crippen LogP contribution in [0.5, 0.6) is 0 Å². The predicted molar refractivity (Wildman–Crippen MR) is 103 cm³/mol. The predicted octanol–water partition coefficient (Wildman–Crippen LogP) is 0.909. The van der Waals surface area contributed by atoms with Gasteiger partial charge in [-0.15, -0.1) is 0 Å². The minimum absolute atomic E-state index is 0.00556. The Hall–Kier alpha value is -1.34. The number of carbonyl (C=O) groups is 1. The summed E-state index contributed by atoms with van der Waals surface area (Å²) in [5.74, 6) is 0.758. The highest BCUT2D eigenvalue weighted by atomic mass is 16.5. The van der Waals surface area contributed by atoms with E-state index in [2.05, 4.69) is 29.6 Å². The summed E-state index contributed by atoms with van der Waals surface area (Å²) in [4.78, 5) is 21.2. The Kier molecular flexibility index (Phi) is 8.15. The first kappa shape index (κ1) is 21.7. The van der Waals surface area contributed by atoms with Gasteiger partial charge >= 0.3 is 0 Å². The lowest BCUT2D eigenvalue weighted by atomic mass is 9.89. The van der Waals surface area contributed by atoms with Crippen LogP contribution in [0.1, 0.15) is 40.5 Å². The van der Waals surface area contributed by atoms with Crippen molar-refractivity contribution in [3.63, 3.8) is 0 Å². The SMILES string of the molecule is CCNC(=NCC1(N(C)C)CCOCC1)N(C)CC(=O)NC(C)(C)C. The van der Waals surface area contributed by atoms with Gasteiger partial charge in [0.1, 0.15) is 0 Å².